The van der Waals surface area contributed by atoms with Gasteiger partial charge in [0.05, 0.1) is 5.52 Å². The van der Waals surface area contributed by atoms with E-state index in [0.717, 1.165) is 5.52 Å². The van der Waals surface area contributed by atoms with E-state index in [-0.39, 0.29) is 0 Å². The molecule has 0 fully saturated rings. The SMILES string of the molecule is Sn1ccc2ccccc21. The van der Waals surface area contributed by atoms with Crippen molar-refractivity contribution in [3.05, 3.63) is 36.5 Å². The summed E-state index contributed by atoms with van der Waals surface area (Å²) >= 11 is 4.22. The Balaban J connectivity index is 2.93. The summed E-state index contributed by atoms with van der Waals surface area (Å²) < 4.78 is 1.81. The van der Waals surface area contributed by atoms with E-state index in [1.165, 1.54) is 5.39 Å². The Morgan fingerprint density at radius 3 is 2.70 bits per heavy atom. The number of rotatable bonds is 0. The smallest absolute Gasteiger partial charge is 0.0588 e. The van der Waals surface area contributed by atoms with E-state index >= 15 is 0 Å². The highest BCUT2D eigenvalue weighted by Crippen LogP contribution is 2.14. The van der Waals surface area contributed by atoms with Crippen molar-refractivity contribution in [2.75, 3.05) is 0 Å². The first-order chi connectivity index (χ1) is 4.88. The fraction of sp³-hybridized carbons (Fsp3) is 0. The van der Waals surface area contributed by atoms with E-state index in [1.807, 2.05) is 34.4 Å². The summed E-state index contributed by atoms with van der Waals surface area (Å²) in [5, 5.41) is 1.23. The molecule has 0 saturated carbocycles. The zero-order chi connectivity index (χ0) is 6.97. The lowest BCUT2D eigenvalue weighted by molar-refractivity contribution is 1.37. The predicted octanol–water partition coefficient (Wildman–Crippen LogP) is 2.33. The van der Waals surface area contributed by atoms with E-state index in [2.05, 4.69) is 18.9 Å². The highest BCUT2D eigenvalue weighted by Gasteiger charge is 1.93. The Bertz CT molecular complexity index is 351. The number of fused-ring (bicyclic) bond motifs is 1. The Morgan fingerprint density at radius 1 is 1.10 bits per heavy atom. The van der Waals surface area contributed by atoms with Gasteiger partial charge in [-0.1, -0.05) is 31.0 Å². The maximum atomic E-state index is 4.22. The number of hydrogen-bond donors (Lipinski definition) is 1. The van der Waals surface area contributed by atoms with Crippen LogP contribution in [0.1, 0.15) is 0 Å². The Hall–Kier alpha value is -0.890. The molecule has 0 amide bonds. The van der Waals surface area contributed by atoms with E-state index in [1.54, 1.807) is 0 Å². The summed E-state index contributed by atoms with van der Waals surface area (Å²) in [4.78, 5) is 0. The molecule has 2 rings (SSSR count). The fourth-order valence-electron chi connectivity index (χ4n) is 1.07. The lowest BCUT2D eigenvalue weighted by Crippen LogP contribution is -1.73. The van der Waals surface area contributed by atoms with Gasteiger partial charge in [0.25, 0.3) is 0 Å². The molecule has 1 aromatic heterocycles. The van der Waals surface area contributed by atoms with Crippen molar-refractivity contribution < 1.29 is 0 Å². The summed E-state index contributed by atoms with van der Waals surface area (Å²) in [6.45, 7) is 0. The molecule has 0 aliphatic rings. The normalized spacial score (nSPS) is 10.5. The summed E-state index contributed by atoms with van der Waals surface area (Å²) in [7, 11) is 0. The Labute approximate surface area is 64.8 Å². The first-order valence-electron chi connectivity index (χ1n) is 3.13. The molecule has 50 valence electrons. The van der Waals surface area contributed by atoms with E-state index < -0.39 is 0 Å². The monoisotopic (exact) mass is 149 g/mol. The molecular formula is C8H7NS. The first-order valence-corrected chi connectivity index (χ1v) is 3.53. The zero-order valence-electron chi connectivity index (χ0n) is 5.36. The van der Waals surface area contributed by atoms with Crippen molar-refractivity contribution >= 4 is 23.7 Å². The van der Waals surface area contributed by atoms with Gasteiger partial charge in [-0.15, -0.1) is 0 Å². The molecule has 0 aliphatic heterocycles. The van der Waals surface area contributed by atoms with Crippen LogP contribution in [0.3, 0.4) is 0 Å². The van der Waals surface area contributed by atoms with Crippen molar-refractivity contribution in [1.82, 2.24) is 3.97 Å². The van der Waals surface area contributed by atoms with Crippen LogP contribution in [-0.2, 0) is 0 Å². The largest absolute Gasteiger partial charge is 0.294 e. The number of benzene rings is 1. The molecule has 0 N–H and O–H groups in total. The number of para-hydroxylation sites is 1. The third kappa shape index (κ3) is 0.727. The molecule has 2 aromatic rings. The number of thiol groups is 1. The van der Waals surface area contributed by atoms with Gasteiger partial charge >= 0.3 is 0 Å². The zero-order valence-corrected chi connectivity index (χ0v) is 6.25. The van der Waals surface area contributed by atoms with E-state index in [9.17, 15) is 0 Å². The average Bonchev–Trinajstić information content (AvgIpc) is 2.34. The molecule has 2 heteroatoms. The summed E-state index contributed by atoms with van der Waals surface area (Å²) in [6, 6.07) is 10.2. The molecule has 1 aromatic carbocycles. The number of aromatic nitrogens is 1. The molecule has 0 atom stereocenters. The van der Waals surface area contributed by atoms with Gasteiger partial charge in [-0.3, -0.25) is 3.97 Å². The van der Waals surface area contributed by atoms with Crippen LogP contribution in [0.25, 0.3) is 10.9 Å². The molecule has 0 unspecified atom stereocenters. The number of hydrogen-bond acceptors (Lipinski definition) is 1. The van der Waals surface area contributed by atoms with Crippen LogP contribution < -0.4 is 0 Å². The van der Waals surface area contributed by atoms with Crippen molar-refractivity contribution in [3.8, 4) is 0 Å². The quantitative estimate of drug-likeness (QED) is 0.548. The summed E-state index contributed by atoms with van der Waals surface area (Å²) in [5.41, 5.74) is 1.16. The molecule has 0 aliphatic carbocycles. The second-order valence-corrected chi connectivity index (χ2v) is 2.65. The van der Waals surface area contributed by atoms with Crippen LogP contribution in [-0.4, -0.2) is 3.97 Å². The van der Waals surface area contributed by atoms with Crippen LogP contribution in [0.15, 0.2) is 36.5 Å². The van der Waals surface area contributed by atoms with Gasteiger partial charge in [-0.2, -0.15) is 0 Å². The van der Waals surface area contributed by atoms with Crippen LogP contribution in [0, 0.1) is 0 Å². The number of nitrogens with zero attached hydrogens (tertiary/aromatic N) is 1. The maximum absolute atomic E-state index is 4.22. The van der Waals surface area contributed by atoms with Gasteiger partial charge in [0.15, 0.2) is 0 Å². The van der Waals surface area contributed by atoms with Gasteiger partial charge in [-0.25, -0.2) is 0 Å². The fourth-order valence-corrected chi connectivity index (χ4v) is 1.32. The molecule has 0 radical (unpaired) electrons. The minimum Gasteiger partial charge on any atom is -0.294 e. The molecule has 10 heavy (non-hydrogen) atoms. The molecular weight excluding hydrogens is 142 g/mol. The van der Waals surface area contributed by atoms with Crippen molar-refractivity contribution in [1.29, 1.82) is 0 Å². The van der Waals surface area contributed by atoms with Gasteiger partial charge in [0.1, 0.15) is 0 Å². The third-order valence-electron chi connectivity index (χ3n) is 1.58. The second-order valence-electron chi connectivity index (χ2n) is 2.22. The van der Waals surface area contributed by atoms with Crippen molar-refractivity contribution in [2.45, 2.75) is 0 Å². The highest BCUT2D eigenvalue weighted by atomic mass is 32.1. The molecule has 0 bridgehead atoms. The molecule has 1 nitrogen and oxygen atoms in total. The van der Waals surface area contributed by atoms with Gasteiger partial charge < -0.3 is 0 Å². The predicted molar refractivity (Wildman–Crippen MR) is 46.3 cm³/mol. The second kappa shape index (κ2) is 2.06. The van der Waals surface area contributed by atoms with Gasteiger partial charge in [-0.05, 0) is 12.1 Å². The minimum absolute atomic E-state index is 1.16. The van der Waals surface area contributed by atoms with E-state index in [4.69, 9.17) is 0 Å². The molecule has 0 saturated heterocycles. The van der Waals surface area contributed by atoms with Gasteiger partial charge in [0, 0.05) is 11.6 Å². The van der Waals surface area contributed by atoms with E-state index in [0.29, 0.717) is 0 Å². The summed E-state index contributed by atoms with van der Waals surface area (Å²) in [6.07, 6.45) is 1.94. The molecule has 1 heterocycles. The lowest BCUT2D eigenvalue weighted by atomic mass is 10.3. The first kappa shape index (κ1) is 5.86. The van der Waals surface area contributed by atoms with Crippen LogP contribution in [0.5, 0.6) is 0 Å². The van der Waals surface area contributed by atoms with Crippen molar-refractivity contribution in [2.24, 2.45) is 0 Å². The topological polar surface area (TPSA) is 4.93 Å². The average molecular weight is 149 g/mol. The Morgan fingerprint density at radius 2 is 1.90 bits per heavy atom. The van der Waals surface area contributed by atoms with Crippen LogP contribution >= 0.6 is 12.8 Å². The maximum Gasteiger partial charge on any atom is 0.0588 e. The molecule has 0 spiro atoms. The summed E-state index contributed by atoms with van der Waals surface area (Å²) in [5.74, 6) is 0. The minimum atomic E-state index is 1.16. The van der Waals surface area contributed by atoms with Gasteiger partial charge in [0.2, 0.25) is 0 Å². The standard InChI is InChI=1S/C8H7NS/c10-9-6-5-7-3-1-2-4-8(7)9/h1-6,10H. The van der Waals surface area contributed by atoms with Crippen LogP contribution in [0.4, 0.5) is 0 Å². The third-order valence-corrected chi connectivity index (χ3v) is 1.93. The van der Waals surface area contributed by atoms with Crippen LogP contribution in [0.2, 0.25) is 0 Å². The lowest BCUT2D eigenvalue weighted by Gasteiger charge is -1.91. The van der Waals surface area contributed by atoms with Crippen molar-refractivity contribution in [3.63, 3.8) is 0 Å². The highest BCUT2D eigenvalue weighted by molar-refractivity contribution is 7.78. The Kier molecular flexibility index (Phi) is 1.21.